The Kier molecular flexibility index (Phi) is 10.8. The van der Waals surface area contributed by atoms with E-state index in [2.05, 4.69) is 18.5 Å². The van der Waals surface area contributed by atoms with Gasteiger partial charge in [-0.3, -0.25) is 4.57 Å². The zero-order valence-corrected chi connectivity index (χ0v) is 20.3. The molecule has 0 amide bonds. The number of aliphatic hydroxyl groups is 3. The Morgan fingerprint density at radius 1 is 1.30 bits per heavy atom. The number of hydrogen-bond acceptors (Lipinski definition) is 8. The van der Waals surface area contributed by atoms with Crippen molar-refractivity contribution in [1.29, 1.82) is 0 Å². The Morgan fingerprint density at radius 3 is 2.37 bits per heavy atom. The molecule has 0 spiro atoms. The van der Waals surface area contributed by atoms with Gasteiger partial charge < -0.3 is 23.6 Å². The van der Waals surface area contributed by atoms with Crippen LogP contribution in [0.4, 0.5) is 10.2 Å². The molecule has 2 aromatic heterocycles. The van der Waals surface area contributed by atoms with Crippen molar-refractivity contribution in [3.63, 3.8) is 0 Å². The third kappa shape index (κ3) is 6.19. The fourth-order valence-electron chi connectivity index (χ4n) is 3.03. The molecule has 0 aliphatic carbocycles. The van der Waals surface area contributed by atoms with Gasteiger partial charge in [-0.15, -0.1) is 0 Å². The third-order valence-electron chi connectivity index (χ3n) is 4.94. The largest absolute Gasteiger partial charge is 0.393 e. The van der Waals surface area contributed by atoms with Gasteiger partial charge in [-0.05, 0) is 19.3 Å². The zero-order chi connectivity index (χ0) is 22.9. The number of fused-ring (bicyclic) bond motifs is 1. The second kappa shape index (κ2) is 12.0. The molecule has 11 heteroatoms. The van der Waals surface area contributed by atoms with Crippen LogP contribution in [0.1, 0.15) is 60.1 Å². The lowest BCUT2D eigenvalue weighted by Gasteiger charge is -2.24. The number of anilines is 1. The molecule has 2 unspecified atom stereocenters. The summed E-state index contributed by atoms with van der Waals surface area (Å²) in [4.78, 5) is 12.6. The predicted octanol–water partition coefficient (Wildman–Crippen LogP) is 3.36. The van der Waals surface area contributed by atoms with E-state index in [4.69, 9.17) is 14.9 Å². The highest BCUT2D eigenvalue weighted by Crippen LogP contribution is 2.42. The van der Waals surface area contributed by atoms with Crippen LogP contribution in [0, 0.1) is 5.92 Å². The smallest absolute Gasteiger partial charge is 0.167 e. The summed E-state index contributed by atoms with van der Waals surface area (Å²) in [5.41, 5.74) is 0.121. The van der Waals surface area contributed by atoms with Crippen molar-refractivity contribution in [1.82, 2.24) is 19.5 Å². The molecule has 0 saturated carbocycles. The number of imidazole rings is 1. The first-order chi connectivity index (χ1) is 14.3. The molecule has 1 saturated heterocycles. The molecule has 3 atom stereocenters. The fraction of sp³-hybridized carbons (Fsp3) is 0.737. The summed E-state index contributed by atoms with van der Waals surface area (Å²) in [6.45, 7) is 8.38. The maximum absolute atomic E-state index is 13.2. The van der Waals surface area contributed by atoms with Crippen LogP contribution < -0.4 is 3.53 Å². The van der Waals surface area contributed by atoms with E-state index in [9.17, 15) is 9.50 Å². The maximum atomic E-state index is 13.2. The number of nitrogens with one attached hydrogen (secondary N) is 1. The van der Waals surface area contributed by atoms with Crippen LogP contribution in [0.15, 0.2) is 12.7 Å². The number of alkyl halides is 1. The second-order valence-electron chi connectivity index (χ2n) is 6.99. The highest BCUT2D eigenvalue weighted by Gasteiger charge is 2.45. The van der Waals surface area contributed by atoms with E-state index in [1.54, 1.807) is 24.7 Å². The number of nitrogens with zero attached hydrogens (tertiary/aromatic N) is 4. The minimum absolute atomic E-state index is 0.0382. The second-order valence-corrected chi connectivity index (χ2v) is 7.53. The van der Waals surface area contributed by atoms with E-state index in [-0.39, 0.29) is 12.5 Å². The van der Waals surface area contributed by atoms with Crippen molar-refractivity contribution < 1.29 is 24.4 Å². The molecule has 0 bridgehead atoms. The monoisotopic (exact) mass is 541 g/mol. The summed E-state index contributed by atoms with van der Waals surface area (Å²) in [6, 6.07) is 0. The average Bonchev–Trinajstić information content (AvgIpc) is 3.36. The number of ether oxygens (including phenoxy) is 1. The first-order valence-electron chi connectivity index (χ1n) is 10.1. The summed E-state index contributed by atoms with van der Waals surface area (Å²) >= 11 is 1.98. The first kappa shape index (κ1) is 26.9. The van der Waals surface area contributed by atoms with Crippen LogP contribution >= 0.6 is 22.9 Å². The molecule has 2 aromatic rings. The molecule has 0 radical (unpaired) electrons. The SMILES string of the molecule is CC.CC1C[C@](CO)(CF)OC1n1cnc2c(NI)ncnc21.CCC(O)(O)CC. The van der Waals surface area contributed by atoms with Gasteiger partial charge in [0, 0.05) is 5.92 Å². The summed E-state index contributed by atoms with van der Waals surface area (Å²) in [5.74, 6) is -0.764. The van der Waals surface area contributed by atoms with Gasteiger partial charge in [0.15, 0.2) is 22.8 Å². The summed E-state index contributed by atoms with van der Waals surface area (Å²) in [6.07, 6.45) is 3.91. The van der Waals surface area contributed by atoms with Gasteiger partial charge in [-0.2, -0.15) is 0 Å². The minimum atomic E-state index is -1.42. The molecule has 4 N–H and O–H groups in total. The summed E-state index contributed by atoms with van der Waals surface area (Å²) in [7, 11) is 0. The number of rotatable bonds is 6. The first-order valence-corrected chi connectivity index (χ1v) is 11.2. The molecule has 1 aliphatic rings. The highest BCUT2D eigenvalue weighted by atomic mass is 127. The van der Waals surface area contributed by atoms with E-state index in [1.807, 2.05) is 43.6 Å². The third-order valence-corrected chi connectivity index (χ3v) is 5.45. The van der Waals surface area contributed by atoms with Crippen molar-refractivity contribution in [2.75, 3.05) is 16.8 Å². The van der Waals surface area contributed by atoms with E-state index in [0.29, 0.717) is 36.2 Å². The Balaban J connectivity index is 0.000000428. The summed E-state index contributed by atoms with van der Waals surface area (Å²) < 4.78 is 23.7. The molecule has 30 heavy (non-hydrogen) atoms. The Morgan fingerprint density at radius 2 is 1.93 bits per heavy atom. The lowest BCUT2D eigenvalue weighted by Crippen LogP contribution is -2.35. The predicted molar refractivity (Wildman–Crippen MR) is 122 cm³/mol. The van der Waals surface area contributed by atoms with Crippen molar-refractivity contribution >= 4 is 39.8 Å². The molecular formula is C19H33FIN5O4. The Labute approximate surface area is 190 Å². The maximum Gasteiger partial charge on any atom is 0.167 e. The molecule has 1 aliphatic heterocycles. The van der Waals surface area contributed by atoms with E-state index in [0.717, 1.165) is 0 Å². The van der Waals surface area contributed by atoms with Crippen molar-refractivity contribution in [2.24, 2.45) is 5.92 Å². The molecule has 1 fully saturated rings. The van der Waals surface area contributed by atoms with Crippen LogP contribution in [0.5, 0.6) is 0 Å². The highest BCUT2D eigenvalue weighted by molar-refractivity contribution is 14.1. The van der Waals surface area contributed by atoms with Gasteiger partial charge in [-0.25, -0.2) is 19.3 Å². The molecule has 3 rings (SSSR count). The van der Waals surface area contributed by atoms with Gasteiger partial charge in [-0.1, -0.05) is 34.6 Å². The van der Waals surface area contributed by atoms with E-state index >= 15 is 0 Å². The van der Waals surface area contributed by atoms with Crippen molar-refractivity contribution in [2.45, 2.75) is 71.5 Å². The van der Waals surface area contributed by atoms with Gasteiger partial charge in [0.2, 0.25) is 0 Å². The normalized spacial score (nSPS) is 23.4. The average molecular weight is 541 g/mol. The fourth-order valence-corrected chi connectivity index (χ4v) is 3.42. The molecule has 9 nitrogen and oxygen atoms in total. The topological polar surface area (TPSA) is 126 Å². The Bertz CT molecular complexity index is 766. The van der Waals surface area contributed by atoms with Crippen LogP contribution in [0.25, 0.3) is 11.2 Å². The molecule has 3 heterocycles. The van der Waals surface area contributed by atoms with Crippen LogP contribution in [0.2, 0.25) is 0 Å². The van der Waals surface area contributed by atoms with Crippen LogP contribution in [-0.4, -0.2) is 59.5 Å². The van der Waals surface area contributed by atoms with Gasteiger partial charge >= 0.3 is 0 Å². The van der Waals surface area contributed by atoms with Gasteiger partial charge in [0.25, 0.3) is 0 Å². The Hall–Kier alpha value is -1.15. The molecule has 0 aromatic carbocycles. The quantitative estimate of drug-likeness (QED) is 0.249. The number of aromatic nitrogens is 4. The summed E-state index contributed by atoms with van der Waals surface area (Å²) in [5, 5.41) is 26.8. The standard InChI is InChI=1S/C12H15FIN5O2.C5H12O2.C2H6/c1-7-2-12(3-13,4-20)21-11(7)19-6-17-8-9(18-14)15-5-16-10(8)19;1-3-5(6,7)4-2;1-2/h5-7,11,20H,2-4H2,1H3,(H,15,16,18);6-7H,3-4H2,1-2H3;1-2H3/t7?,11?,12-;;/m1../s1. The minimum Gasteiger partial charge on any atom is -0.393 e. The molecule has 172 valence electrons. The van der Waals surface area contributed by atoms with Crippen LogP contribution in [0.3, 0.4) is 0 Å². The number of halogens is 2. The lowest BCUT2D eigenvalue weighted by molar-refractivity contribution is -0.163. The van der Waals surface area contributed by atoms with Crippen molar-refractivity contribution in [3.05, 3.63) is 12.7 Å². The van der Waals surface area contributed by atoms with Crippen molar-refractivity contribution in [3.8, 4) is 0 Å². The van der Waals surface area contributed by atoms with E-state index < -0.39 is 24.3 Å². The van der Waals surface area contributed by atoms with Gasteiger partial charge in [0.1, 0.15) is 24.8 Å². The zero-order valence-electron chi connectivity index (χ0n) is 18.1. The van der Waals surface area contributed by atoms with E-state index in [1.165, 1.54) is 6.33 Å². The lowest BCUT2D eigenvalue weighted by atomic mass is 9.96. The molecular weight excluding hydrogens is 508 g/mol. The number of aliphatic hydroxyl groups excluding tert-OH is 1. The van der Waals surface area contributed by atoms with Crippen LogP contribution in [-0.2, 0) is 4.74 Å². The van der Waals surface area contributed by atoms with Gasteiger partial charge in [0.05, 0.1) is 35.8 Å². The number of hydrogen-bond donors (Lipinski definition) is 4.